The molecule has 0 radical (unpaired) electrons. The van der Waals surface area contributed by atoms with Gasteiger partial charge in [-0.15, -0.1) is 0 Å². The van der Waals surface area contributed by atoms with Gasteiger partial charge in [0.25, 0.3) is 0 Å². The molecular formula is C11H20O4S. The first-order valence-corrected chi connectivity index (χ1v) is 7.10. The molecule has 4 nitrogen and oxygen atoms in total. The van der Waals surface area contributed by atoms with Gasteiger partial charge in [-0.25, -0.2) is 8.42 Å². The molecule has 1 rings (SSSR count). The van der Waals surface area contributed by atoms with Gasteiger partial charge in [0.1, 0.15) is 0 Å². The lowest BCUT2D eigenvalue weighted by Crippen LogP contribution is -2.42. The molecule has 0 spiro atoms. The molecule has 1 unspecified atom stereocenters. The number of hydrogen-bond donors (Lipinski definition) is 1. The van der Waals surface area contributed by atoms with E-state index in [0.717, 1.165) is 0 Å². The highest BCUT2D eigenvalue weighted by atomic mass is 32.2. The van der Waals surface area contributed by atoms with Crippen molar-refractivity contribution in [1.29, 1.82) is 0 Å². The van der Waals surface area contributed by atoms with Crippen LogP contribution in [0.5, 0.6) is 0 Å². The number of hydrogen-bond acceptors (Lipinski definition) is 3. The van der Waals surface area contributed by atoms with Crippen LogP contribution in [0.25, 0.3) is 0 Å². The molecule has 0 aliphatic carbocycles. The molecule has 94 valence electrons. The molecule has 1 aliphatic heterocycles. The topological polar surface area (TPSA) is 71.4 Å². The van der Waals surface area contributed by atoms with E-state index in [4.69, 9.17) is 5.11 Å². The van der Waals surface area contributed by atoms with Crippen molar-refractivity contribution in [2.75, 3.05) is 5.75 Å². The van der Waals surface area contributed by atoms with Crippen LogP contribution in [0.15, 0.2) is 0 Å². The molecule has 0 saturated carbocycles. The quantitative estimate of drug-likeness (QED) is 0.825. The summed E-state index contributed by atoms with van der Waals surface area (Å²) in [5.74, 6) is -0.792. The fourth-order valence-corrected chi connectivity index (χ4v) is 4.89. The predicted octanol–water partition coefficient (Wildman–Crippen LogP) is 1.70. The Balaban J connectivity index is 3.04. The average molecular weight is 248 g/mol. The van der Waals surface area contributed by atoms with Crippen LogP contribution in [0.4, 0.5) is 0 Å². The van der Waals surface area contributed by atoms with Gasteiger partial charge in [-0.1, -0.05) is 13.8 Å². The molecular weight excluding hydrogens is 228 g/mol. The molecule has 0 bridgehead atoms. The third kappa shape index (κ3) is 2.10. The third-order valence-electron chi connectivity index (χ3n) is 3.87. The van der Waals surface area contributed by atoms with E-state index in [0.29, 0.717) is 6.42 Å². The smallest absolute Gasteiger partial charge is 0.303 e. The maximum absolute atomic E-state index is 11.9. The first-order chi connectivity index (χ1) is 7.01. The lowest BCUT2D eigenvalue weighted by Gasteiger charge is -2.38. The summed E-state index contributed by atoms with van der Waals surface area (Å²) in [5, 5.41) is 8.86. The van der Waals surface area contributed by atoms with Crippen molar-refractivity contribution in [3.05, 3.63) is 0 Å². The summed E-state index contributed by atoms with van der Waals surface area (Å²) in [6.45, 7) is 7.11. The van der Waals surface area contributed by atoms with Gasteiger partial charge in [-0.05, 0) is 31.6 Å². The number of carbonyl (C=O) groups is 1. The molecule has 1 atom stereocenters. The van der Waals surface area contributed by atoms with Crippen LogP contribution in [0, 0.1) is 11.3 Å². The zero-order chi connectivity index (χ0) is 12.8. The van der Waals surface area contributed by atoms with E-state index in [1.165, 1.54) is 0 Å². The van der Waals surface area contributed by atoms with Crippen molar-refractivity contribution in [1.82, 2.24) is 0 Å². The van der Waals surface area contributed by atoms with Crippen LogP contribution in [-0.4, -0.2) is 30.0 Å². The zero-order valence-electron chi connectivity index (χ0n) is 10.3. The maximum atomic E-state index is 11.9. The molecule has 0 aromatic carbocycles. The average Bonchev–Trinajstić information content (AvgIpc) is 2.18. The van der Waals surface area contributed by atoms with Crippen LogP contribution in [0.1, 0.15) is 40.5 Å². The van der Waals surface area contributed by atoms with Crippen molar-refractivity contribution >= 4 is 15.8 Å². The van der Waals surface area contributed by atoms with Crippen LogP contribution in [0.3, 0.4) is 0 Å². The van der Waals surface area contributed by atoms with E-state index in [-0.39, 0.29) is 18.1 Å². The van der Waals surface area contributed by atoms with Crippen LogP contribution >= 0.6 is 0 Å². The first kappa shape index (κ1) is 13.5. The summed E-state index contributed by atoms with van der Waals surface area (Å²) in [6.07, 6.45) is 0.576. The van der Waals surface area contributed by atoms with E-state index in [2.05, 4.69) is 0 Å². The van der Waals surface area contributed by atoms with Crippen molar-refractivity contribution in [3.63, 3.8) is 0 Å². The Morgan fingerprint density at radius 1 is 1.44 bits per heavy atom. The minimum Gasteiger partial charge on any atom is -0.481 e. The van der Waals surface area contributed by atoms with Crippen LogP contribution in [-0.2, 0) is 14.6 Å². The second-order valence-corrected chi connectivity index (χ2v) is 8.51. The summed E-state index contributed by atoms with van der Waals surface area (Å²) >= 11 is 0. The zero-order valence-corrected chi connectivity index (χ0v) is 11.1. The van der Waals surface area contributed by atoms with Crippen molar-refractivity contribution in [2.24, 2.45) is 11.3 Å². The fraction of sp³-hybridized carbons (Fsp3) is 0.909. The lowest BCUT2D eigenvalue weighted by molar-refractivity contribution is -0.140. The van der Waals surface area contributed by atoms with Gasteiger partial charge < -0.3 is 5.11 Å². The maximum Gasteiger partial charge on any atom is 0.303 e. The summed E-state index contributed by atoms with van der Waals surface area (Å²) in [4.78, 5) is 10.8. The molecule has 1 aliphatic rings. The lowest BCUT2D eigenvalue weighted by atomic mass is 9.69. The minimum atomic E-state index is -3.09. The molecule has 1 N–H and O–H groups in total. The van der Waals surface area contributed by atoms with E-state index in [1.54, 1.807) is 13.8 Å². The molecule has 0 amide bonds. The molecule has 1 fully saturated rings. The van der Waals surface area contributed by atoms with Gasteiger partial charge >= 0.3 is 5.97 Å². The first-order valence-electron chi connectivity index (χ1n) is 5.45. The molecule has 0 aromatic rings. The highest BCUT2D eigenvalue weighted by molar-refractivity contribution is 7.93. The Labute approximate surface area is 97.0 Å². The predicted molar refractivity (Wildman–Crippen MR) is 62.0 cm³/mol. The monoisotopic (exact) mass is 248 g/mol. The second kappa shape index (κ2) is 3.72. The number of aliphatic carboxylic acids is 1. The number of rotatable bonds is 3. The summed E-state index contributed by atoms with van der Waals surface area (Å²) in [6, 6.07) is 0. The van der Waals surface area contributed by atoms with E-state index >= 15 is 0 Å². The summed E-state index contributed by atoms with van der Waals surface area (Å²) < 4.78 is 22.9. The Kier molecular flexibility index (Phi) is 3.14. The SMILES string of the molecule is CC(C)(CC(=O)O)C1CCS(=O)(=O)C1(C)C. The van der Waals surface area contributed by atoms with E-state index in [9.17, 15) is 13.2 Å². The normalized spacial score (nSPS) is 27.9. The highest BCUT2D eigenvalue weighted by Gasteiger charge is 2.53. The van der Waals surface area contributed by atoms with E-state index in [1.807, 2.05) is 13.8 Å². The molecule has 5 heteroatoms. The molecule has 1 heterocycles. The van der Waals surface area contributed by atoms with Gasteiger partial charge in [0.15, 0.2) is 9.84 Å². The van der Waals surface area contributed by atoms with Gasteiger partial charge in [-0.2, -0.15) is 0 Å². The van der Waals surface area contributed by atoms with Gasteiger partial charge in [0.2, 0.25) is 0 Å². The number of carboxylic acids is 1. The van der Waals surface area contributed by atoms with Gasteiger partial charge in [-0.3, -0.25) is 4.79 Å². The Morgan fingerprint density at radius 3 is 2.25 bits per heavy atom. The van der Waals surface area contributed by atoms with Gasteiger partial charge in [0, 0.05) is 0 Å². The second-order valence-electron chi connectivity index (χ2n) is 5.82. The molecule has 0 aromatic heterocycles. The van der Waals surface area contributed by atoms with Gasteiger partial charge in [0.05, 0.1) is 16.9 Å². The number of sulfone groups is 1. The largest absolute Gasteiger partial charge is 0.481 e. The summed E-state index contributed by atoms with van der Waals surface area (Å²) in [7, 11) is -3.09. The Morgan fingerprint density at radius 2 is 1.94 bits per heavy atom. The summed E-state index contributed by atoms with van der Waals surface area (Å²) in [5.41, 5.74) is -0.487. The van der Waals surface area contributed by atoms with E-state index < -0.39 is 26.0 Å². The highest BCUT2D eigenvalue weighted by Crippen LogP contribution is 2.48. The number of carboxylic acid groups (broad SMARTS) is 1. The molecule has 16 heavy (non-hydrogen) atoms. The Hall–Kier alpha value is -0.580. The van der Waals surface area contributed by atoms with Crippen LogP contribution in [0.2, 0.25) is 0 Å². The minimum absolute atomic E-state index is 0.0105. The fourth-order valence-electron chi connectivity index (χ4n) is 2.95. The molecule has 1 saturated heterocycles. The Bertz CT molecular complexity index is 392. The van der Waals surface area contributed by atoms with Crippen molar-refractivity contribution in [3.8, 4) is 0 Å². The van der Waals surface area contributed by atoms with Crippen LogP contribution < -0.4 is 0 Å². The van der Waals surface area contributed by atoms with Crippen molar-refractivity contribution < 1.29 is 18.3 Å². The standard InChI is InChI=1S/C11H20O4S/c1-10(2,7-9(12)13)8-5-6-16(14,15)11(8,3)4/h8H,5-7H2,1-4H3,(H,12,13). The third-order valence-corrected chi connectivity index (χ3v) is 6.53. The van der Waals surface area contributed by atoms with Crippen molar-refractivity contribution in [2.45, 2.75) is 45.3 Å².